The number of benzene rings is 1. The summed E-state index contributed by atoms with van der Waals surface area (Å²) >= 11 is 0. The van der Waals surface area contributed by atoms with Crippen molar-refractivity contribution in [1.29, 1.82) is 0 Å². The molecule has 1 amide bonds. The molecule has 0 saturated carbocycles. The summed E-state index contributed by atoms with van der Waals surface area (Å²) in [5.41, 5.74) is 0.888. The molecule has 166 valence electrons. The lowest BCUT2D eigenvalue weighted by atomic mass is 9.97. The van der Waals surface area contributed by atoms with Crippen molar-refractivity contribution in [3.8, 4) is 0 Å². The zero-order chi connectivity index (χ0) is 22.8. The molecule has 0 saturated heterocycles. The minimum absolute atomic E-state index is 0.0758. The number of Topliss-reactive ketones (excluding diaryl/α,β-unsaturated/α-hetero) is 1. The average molecular weight is 416 g/mol. The van der Waals surface area contributed by atoms with Crippen molar-refractivity contribution in [2.75, 3.05) is 7.05 Å². The Morgan fingerprint density at radius 2 is 1.60 bits per heavy atom. The van der Waals surface area contributed by atoms with Gasteiger partial charge in [-0.05, 0) is 37.2 Å². The van der Waals surface area contributed by atoms with Gasteiger partial charge in [0.1, 0.15) is 0 Å². The normalized spacial score (nSPS) is 14.1. The zero-order valence-corrected chi connectivity index (χ0v) is 19.3. The first-order chi connectivity index (χ1) is 14.1. The third-order valence-electron chi connectivity index (χ3n) is 5.09. The first kappa shape index (κ1) is 25.6. The fourth-order valence-corrected chi connectivity index (χ4v) is 3.46. The van der Waals surface area contributed by atoms with Crippen molar-refractivity contribution >= 4 is 17.7 Å². The summed E-state index contributed by atoms with van der Waals surface area (Å²) in [6.07, 6.45) is 2.01. The Kier molecular flexibility index (Phi) is 10.5. The van der Waals surface area contributed by atoms with Gasteiger partial charge in [0.15, 0.2) is 11.9 Å². The van der Waals surface area contributed by atoms with E-state index in [9.17, 15) is 14.4 Å². The van der Waals surface area contributed by atoms with Crippen molar-refractivity contribution in [2.45, 2.75) is 66.0 Å². The molecule has 0 N–H and O–H groups in total. The lowest BCUT2D eigenvalue weighted by molar-refractivity contribution is -0.163. The van der Waals surface area contributed by atoms with E-state index in [0.29, 0.717) is 18.8 Å². The van der Waals surface area contributed by atoms with Gasteiger partial charge in [0, 0.05) is 13.5 Å². The van der Waals surface area contributed by atoms with Gasteiger partial charge in [0.05, 0.1) is 12.0 Å². The number of ketones is 1. The minimum Gasteiger partial charge on any atom is -0.451 e. The number of carbonyl (C=O) groups excluding carboxylic acids is 3. The molecule has 1 aromatic rings. The molecule has 1 rings (SSSR count). The predicted octanol–water partition coefficient (Wildman–Crippen LogP) is 4.45. The monoisotopic (exact) mass is 415 g/mol. The van der Waals surface area contributed by atoms with E-state index in [-0.39, 0.29) is 24.0 Å². The van der Waals surface area contributed by atoms with Crippen LogP contribution in [0.5, 0.6) is 0 Å². The van der Waals surface area contributed by atoms with Crippen molar-refractivity contribution in [1.82, 2.24) is 4.90 Å². The Balaban J connectivity index is 3.12. The molecule has 30 heavy (non-hydrogen) atoms. The molecule has 0 aromatic heterocycles. The van der Waals surface area contributed by atoms with Crippen molar-refractivity contribution in [2.24, 2.45) is 17.8 Å². The number of hydrogen-bond acceptors (Lipinski definition) is 4. The molecule has 0 aliphatic rings. The molecule has 0 fully saturated rings. The van der Waals surface area contributed by atoms with Crippen LogP contribution < -0.4 is 0 Å². The molecular formula is C25H37NO4. The molecule has 0 radical (unpaired) electrons. The first-order valence-corrected chi connectivity index (χ1v) is 10.7. The van der Waals surface area contributed by atoms with Crippen LogP contribution in [0.25, 0.3) is 0 Å². The van der Waals surface area contributed by atoms with Crippen molar-refractivity contribution in [3.05, 3.63) is 48.6 Å². The molecule has 5 heteroatoms. The Labute approximate surface area is 181 Å². The van der Waals surface area contributed by atoms with Crippen LogP contribution in [0.15, 0.2) is 43.0 Å². The maximum absolute atomic E-state index is 13.3. The number of amides is 1. The number of esters is 1. The number of likely N-dealkylation sites (N-methyl/N-ethyl adjacent to an activating group) is 1. The van der Waals surface area contributed by atoms with Gasteiger partial charge in [-0.25, -0.2) is 0 Å². The van der Waals surface area contributed by atoms with E-state index in [4.69, 9.17) is 4.74 Å². The zero-order valence-electron chi connectivity index (χ0n) is 19.3. The van der Waals surface area contributed by atoms with Gasteiger partial charge in [-0.3, -0.25) is 14.4 Å². The van der Waals surface area contributed by atoms with Gasteiger partial charge in [-0.15, -0.1) is 6.58 Å². The molecule has 0 aliphatic heterocycles. The van der Waals surface area contributed by atoms with Crippen LogP contribution >= 0.6 is 0 Å². The van der Waals surface area contributed by atoms with Crippen LogP contribution in [0, 0.1) is 17.8 Å². The molecule has 3 atom stereocenters. The lowest BCUT2D eigenvalue weighted by Gasteiger charge is -2.31. The van der Waals surface area contributed by atoms with Gasteiger partial charge in [-0.1, -0.05) is 64.1 Å². The third kappa shape index (κ3) is 8.13. The Morgan fingerprint density at radius 3 is 2.07 bits per heavy atom. The van der Waals surface area contributed by atoms with E-state index >= 15 is 0 Å². The van der Waals surface area contributed by atoms with Crippen LogP contribution in [0.2, 0.25) is 0 Å². The van der Waals surface area contributed by atoms with Gasteiger partial charge >= 0.3 is 5.97 Å². The topological polar surface area (TPSA) is 63.7 Å². The Morgan fingerprint density at radius 1 is 1.03 bits per heavy atom. The van der Waals surface area contributed by atoms with Crippen LogP contribution in [-0.2, 0) is 25.5 Å². The second kappa shape index (κ2) is 12.3. The van der Waals surface area contributed by atoms with E-state index in [1.807, 2.05) is 58.0 Å². The minimum atomic E-state index is -0.992. The van der Waals surface area contributed by atoms with Gasteiger partial charge < -0.3 is 9.64 Å². The largest absolute Gasteiger partial charge is 0.451 e. The summed E-state index contributed by atoms with van der Waals surface area (Å²) in [6, 6.07) is 8.90. The van der Waals surface area contributed by atoms with Crippen LogP contribution in [0.1, 0.15) is 53.0 Å². The highest BCUT2D eigenvalue weighted by atomic mass is 16.5. The fraction of sp³-hybridized carbons (Fsp3) is 0.560. The maximum atomic E-state index is 13.3. The molecule has 1 aromatic carbocycles. The van der Waals surface area contributed by atoms with Crippen molar-refractivity contribution < 1.29 is 19.1 Å². The molecule has 0 bridgehead atoms. The summed E-state index contributed by atoms with van der Waals surface area (Å²) in [5, 5.41) is 0. The molecular weight excluding hydrogens is 378 g/mol. The number of ether oxygens (including phenoxy) is 1. The second-order valence-electron chi connectivity index (χ2n) is 8.79. The highest BCUT2D eigenvalue weighted by Gasteiger charge is 2.33. The Bertz CT molecular complexity index is 711. The molecule has 0 unspecified atom stereocenters. The van der Waals surface area contributed by atoms with E-state index in [1.165, 1.54) is 11.8 Å². The van der Waals surface area contributed by atoms with Crippen LogP contribution in [0.3, 0.4) is 0 Å². The Hall–Kier alpha value is -2.43. The fourth-order valence-electron chi connectivity index (χ4n) is 3.46. The van der Waals surface area contributed by atoms with E-state index in [1.54, 1.807) is 13.1 Å². The number of nitrogens with zero attached hydrogens (tertiary/aromatic N) is 1. The molecule has 0 aliphatic carbocycles. The highest BCUT2D eigenvalue weighted by molar-refractivity contribution is 5.90. The standard InChI is InChI=1S/C25H37NO4/c1-8-21(14-17(2)3)25(29)30-23(16-20-12-10-9-11-13-20)24(28)26(7)22(19(6)27)15-18(4)5/h8-13,17-18,21-23H,1,14-16H2,2-7H3/t21-,22-,23+/m0/s1. The summed E-state index contributed by atoms with van der Waals surface area (Å²) in [5.74, 6) is -0.820. The van der Waals surface area contributed by atoms with Crippen molar-refractivity contribution in [3.63, 3.8) is 0 Å². The molecule has 0 heterocycles. The molecule has 5 nitrogen and oxygen atoms in total. The van der Waals surface area contributed by atoms with E-state index < -0.39 is 24.0 Å². The predicted molar refractivity (Wildman–Crippen MR) is 120 cm³/mol. The summed E-state index contributed by atoms with van der Waals surface area (Å²) in [4.78, 5) is 39.7. The lowest BCUT2D eigenvalue weighted by Crippen LogP contribution is -2.48. The molecule has 0 spiro atoms. The first-order valence-electron chi connectivity index (χ1n) is 10.7. The quantitative estimate of drug-likeness (QED) is 0.374. The number of hydrogen-bond donors (Lipinski definition) is 0. The number of carbonyl (C=O) groups is 3. The number of rotatable bonds is 12. The summed E-state index contributed by atoms with van der Waals surface area (Å²) in [6.45, 7) is 13.3. The van der Waals surface area contributed by atoms with E-state index in [0.717, 1.165) is 5.56 Å². The third-order valence-corrected chi connectivity index (χ3v) is 5.09. The highest BCUT2D eigenvalue weighted by Crippen LogP contribution is 2.19. The van der Waals surface area contributed by atoms with E-state index in [2.05, 4.69) is 6.58 Å². The van der Waals surface area contributed by atoms with Gasteiger partial charge in [0.2, 0.25) is 0 Å². The summed E-state index contributed by atoms with van der Waals surface area (Å²) in [7, 11) is 1.61. The maximum Gasteiger partial charge on any atom is 0.313 e. The van der Waals surface area contributed by atoms with Crippen LogP contribution in [0.4, 0.5) is 0 Å². The summed E-state index contributed by atoms with van der Waals surface area (Å²) < 4.78 is 5.71. The second-order valence-corrected chi connectivity index (χ2v) is 8.79. The van der Waals surface area contributed by atoms with Gasteiger partial charge in [-0.2, -0.15) is 0 Å². The smallest absolute Gasteiger partial charge is 0.313 e. The van der Waals surface area contributed by atoms with Crippen LogP contribution in [-0.4, -0.2) is 41.8 Å². The average Bonchev–Trinajstić information content (AvgIpc) is 2.68. The SMILES string of the molecule is C=C[C@@H](CC(C)C)C(=O)O[C@H](Cc1ccccc1)C(=O)N(C)[C@@H](CC(C)C)C(C)=O. The van der Waals surface area contributed by atoms with Gasteiger partial charge in [0.25, 0.3) is 5.91 Å².